The molecule has 0 saturated heterocycles. The van der Waals surface area contributed by atoms with Gasteiger partial charge < -0.3 is 16.8 Å². The van der Waals surface area contributed by atoms with Crippen LogP contribution in [-0.2, 0) is 11.2 Å². The lowest BCUT2D eigenvalue weighted by atomic mass is 10.1. The van der Waals surface area contributed by atoms with Gasteiger partial charge in [-0.25, -0.2) is 0 Å². The van der Waals surface area contributed by atoms with Crippen molar-refractivity contribution in [1.29, 1.82) is 0 Å². The maximum Gasteiger partial charge on any atom is 0.237 e. The molecule has 0 spiro atoms. The monoisotopic (exact) mass is 249 g/mol. The maximum absolute atomic E-state index is 11.8. The van der Waals surface area contributed by atoms with Gasteiger partial charge >= 0.3 is 0 Å². The number of amides is 1. The third-order valence-electron chi connectivity index (χ3n) is 2.83. The van der Waals surface area contributed by atoms with E-state index < -0.39 is 6.04 Å². The summed E-state index contributed by atoms with van der Waals surface area (Å²) in [4.78, 5) is 11.8. The van der Waals surface area contributed by atoms with Crippen LogP contribution in [0.2, 0.25) is 0 Å². The van der Waals surface area contributed by atoms with Gasteiger partial charge in [0.15, 0.2) is 0 Å². The summed E-state index contributed by atoms with van der Waals surface area (Å²) >= 11 is 0. The van der Waals surface area contributed by atoms with Gasteiger partial charge in [0.2, 0.25) is 5.91 Å². The Bertz CT molecular complexity index is 353. The van der Waals surface area contributed by atoms with Crippen molar-refractivity contribution >= 4 is 5.91 Å². The summed E-state index contributed by atoms with van der Waals surface area (Å²) in [6.45, 7) is 2.56. The lowest BCUT2D eigenvalue weighted by Gasteiger charge is -2.17. The van der Waals surface area contributed by atoms with Crippen molar-refractivity contribution in [3.05, 3.63) is 35.9 Å². The number of nitrogens with two attached hydrogens (primary N) is 2. The molecule has 1 aromatic rings. The molecule has 0 radical (unpaired) electrons. The molecule has 4 heteroatoms. The highest BCUT2D eigenvalue weighted by Crippen LogP contribution is 2.03. The molecule has 0 aliphatic heterocycles. The number of nitrogens with one attached hydrogen (secondary N) is 1. The van der Waals surface area contributed by atoms with Crippen molar-refractivity contribution in [2.75, 3.05) is 6.54 Å². The molecule has 0 bridgehead atoms. The van der Waals surface area contributed by atoms with Crippen LogP contribution in [0.3, 0.4) is 0 Å². The second-order valence-electron chi connectivity index (χ2n) is 4.64. The Morgan fingerprint density at radius 1 is 1.33 bits per heavy atom. The van der Waals surface area contributed by atoms with E-state index in [4.69, 9.17) is 11.5 Å². The predicted molar refractivity (Wildman–Crippen MR) is 74.0 cm³/mol. The molecule has 0 saturated carbocycles. The normalized spacial score (nSPS) is 13.9. The van der Waals surface area contributed by atoms with Crippen molar-refractivity contribution in [1.82, 2.24) is 5.32 Å². The van der Waals surface area contributed by atoms with E-state index in [9.17, 15) is 4.79 Å². The number of rotatable bonds is 7. The molecule has 100 valence electrons. The zero-order valence-electron chi connectivity index (χ0n) is 10.9. The lowest BCUT2D eigenvalue weighted by molar-refractivity contribution is -0.123. The lowest BCUT2D eigenvalue weighted by Crippen LogP contribution is -2.45. The Balaban J connectivity index is 2.35. The fourth-order valence-corrected chi connectivity index (χ4v) is 1.84. The molecular weight excluding hydrogens is 226 g/mol. The van der Waals surface area contributed by atoms with Crippen LogP contribution in [0.4, 0.5) is 0 Å². The van der Waals surface area contributed by atoms with Gasteiger partial charge in [0, 0.05) is 6.04 Å². The molecule has 0 aromatic heterocycles. The van der Waals surface area contributed by atoms with E-state index in [2.05, 4.69) is 17.4 Å². The fraction of sp³-hybridized carbons (Fsp3) is 0.500. The molecule has 2 atom stereocenters. The standard InChI is InChI=1S/C14H23N3O/c1-11(10-12-6-3-2-4-7-12)17-14(18)13(16)8-5-9-15/h2-4,6-7,11,13H,5,8-10,15-16H2,1H3,(H,17,18)/t11-,13?/m0/s1. The Labute approximate surface area is 109 Å². The summed E-state index contributed by atoms with van der Waals surface area (Å²) in [6, 6.07) is 9.72. The largest absolute Gasteiger partial charge is 0.352 e. The number of carbonyl (C=O) groups excluding carboxylic acids is 1. The van der Waals surface area contributed by atoms with Gasteiger partial charge in [-0.3, -0.25) is 4.79 Å². The smallest absolute Gasteiger partial charge is 0.237 e. The minimum Gasteiger partial charge on any atom is -0.352 e. The van der Waals surface area contributed by atoms with E-state index in [1.807, 2.05) is 25.1 Å². The Morgan fingerprint density at radius 3 is 2.61 bits per heavy atom. The van der Waals surface area contributed by atoms with Gasteiger partial charge in [0.05, 0.1) is 6.04 Å². The maximum atomic E-state index is 11.8. The molecule has 0 heterocycles. The summed E-state index contributed by atoms with van der Waals surface area (Å²) in [5.41, 5.74) is 12.4. The van der Waals surface area contributed by atoms with Crippen LogP contribution in [-0.4, -0.2) is 24.5 Å². The van der Waals surface area contributed by atoms with Crippen LogP contribution in [0.15, 0.2) is 30.3 Å². The molecule has 0 aliphatic rings. The zero-order chi connectivity index (χ0) is 13.4. The Hall–Kier alpha value is -1.39. The van der Waals surface area contributed by atoms with Crippen LogP contribution in [0, 0.1) is 0 Å². The minimum absolute atomic E-state index is 0.0869. The summed E-state index contributed by atoms with van der Waals surface area (Å²) in [6.07, 6.45) is 2.23. The number of benzene rings is 1. The van der Waals surface area contributed by atoms with Gasteiger partial charge in [0.1, 0.15) is 0 Å². The zero-order valence-corrected chi connectivity index (χ0v) is 10.9. The van der Waals surface area contributed by atoms with E-state index in [-0.39, 0.29) is 11.9 Å². The first-order valence-corrected chi connectivity index (χ1v) is 6.43. The first-order chi connectivity index (χ1) is 8.63. The summed E-state index contributed by atoms with van der Waals surface area (Å²) in [5, 5.41) is 2.93. The minimum atomic E-state index is -0.452. The highest BCUT2D eigenvalue weighted by Gasteiger charge is 2.15. The van der Waals surface area contributed by atoms with E-state index in [0.717, 1.165) is 12.8 Å². The Morgan fingerprint density at radius 2 is 2.00 bits per heavy atom. The third kappa shape index (κ3) is 5.29. The second kappa shape index (κ2) is 7.84. The summed E-state index contributed by atoms with van der Waals surface area (Å²) in [5.74, 6) is -0.0909. The number of hydrogen-bond donors (Lipinski definition) is 3. The van der Waals surface area contributed by atoms with E-state index >= 15 is 0 Å². The average molecular weight is 249 g/mol. The quantitative estimate of drug-likeness (QED) is 0.668. The van der Waals surface area contributed by atoms with Crippen LogP contribution in [0.5, 0.6) is 0 Å². The highest BCUT2D eigenvalue weighted by atomic mass is 16.2. The molecule has 0 fully saturated rings. The molecule has 1 unspecified atom stereocenters. The van der Waals surface area contributed by atoms with Gasteiger partial charge in [-0.2, -0.15) is 0 Å². The number of carbonyl (C=O) groups is 1. The molecule has 0 aliphatic carbocycles. The van der Waals surface area contributed by atoms with Crippen LogP contribution < -0.4 is 16.8 Å². The SMILES string of the molecule is C[C@@H](Cc1ccccc1)NC(=O)C(N)CCCN. The molecule has 1 amide bonds. The number of hydrogen-bond acceptors (Lipinski definition) is 3. The molecular formula is C14H23N3O. The van der Waals surface area contributed by atoms with E-state index in [1.54, 1.807) is 0 Å². The van der Waals surface area contributed by atoms with Gasteiger partial charge in [-0.15, -0.1) is 0 Å². The predicted octanol–water partition coefficient (Wildman–Crippen LogP) is 0.800. The van der Waals surface area contributed by atoms with Crippen molar-refractivity contribution in [2.24, 2.45) is 11.5 Å². The third-order valence-corrected chi connectivity index (χ3v) is 2.83. The van der Waals surface area contributed by atoms with E-state index in [0.29, 0.717) is 13.0 Å². The van der Waals surface area contributed by atoms with Gasteiger partial charge in [-0.05, 0) is 38.3 Å². The van der Waals surface area contributed by atoms with Crippen molar-refractivity contribution < 1.29 is 4.79 Å². The molecule has 18 heavy (non-hydrogen) atoms. The van der Waals surface area contributed by atoms with Crippen molar-refractivity contribution in [3.63, 3.8) is 0 Å². The molecule has 5 N–H and O–H groups in total. The van der Waals surface area contributed by atoms with Crippen LogP contribution in [0.25, 0.3) is 0 Å². The summed E-state index contributed by atoms with van der Waals surface area (Å²) in [7, 11) is 0. The van der Waals surface area contributed by atoms with Crippen molar-refractivity contribution in [3.8, 4) is 0 Å². The summed E-state index contributed by atoms with van der Waals surface area (Å²) < 4.78 is 0. The van der Waals surface area contributed by atoms with Gasteiger partial charge in [0.25, 0.3) is 0 Å². The topological polar surface area (TPSA) is 81.1 Å². The van der Waals surface area contributed by atoms with Crippen molar-refractivity contribution in [2.45, 2.75) is 38.3 Å². The highest BCUT2D eigenvalue weighted by molar-refractivity contribution is 5.81. The van der Waals surface area contributed by atoms with Crippen LogP contribution >= 0.6 is 0 Å². The molecule has 4 nitrogen and oxygen atoms in total. The Kier molecular flexibility index (Phi) is 6.39. The van der Waals surface area contributed by atoms with Gasteiger partial charge in [-0.1, -0.05) is 30.3 Å². The second-order valence-corrected chi connectivity index (χ2v) is 4.64. The fourth-order valence-electron chi connectivity index (χ4n) is 1.84. The van der Waals surface area contributed by atoms with Crippen LogP contribution in [0.1, 0.15) is 25.3 Å². The molecule has 1 aromatic carbocycles. The van der Waals surface area contributed by atoms with E-state index in [1.165, 1.54) is 5.56 Å². The first kappa shape index (κ1) is 14.7. The molecule has 1 rings (SSSR count). The first-order valence-electron chi connectivity index (χ1n) is 6.43. The average Bonchev–Trinajstić information content (AvgIpc) is 2.36.